The first-order valence-electron chi connectivity index (χ1n) is 9.11. The van der Waals surface area contributed by atoms with Crippen LogP contribution in [0.5, 0.6) is 5.75 Å². The summed E-state index contributed by atoms with van der Waals surface area (Å²) >= 11 is 0. The van der Waals surface area contributed by atoms with Crippen molar-refractivity contribution in [1.82, 2.24) is 9.80 Å². The summed E-state index contributed by atoms with van der Waals surface area (Å²) in [4.78, 5) is 28.7. The van der Waals surface area contributed by atoms with Crippen molar-refractivity contribution in [2.75, 3.05) is 38.0 Å². The lowest BCUT2D eigenvalue weighted by atomic mass is 10.1. The summed E-state index contributed by atoms with van der Waals surface area (Å²) in [5, 5.41) is 12.9. The number of amides is 2. The highest BCUT2D eigenvalue weighted by atomic mass is 16.3. The fraction of sp³-hybridized carbons (Fsp3) is 0.333. The molecular weight excluding hydrogens is 342 g/mol. The van der Waals surface area contributed by atoms with E-state index >= 15 is 0 Å². The molecule has 3 rings (SSSR count). The van der Waals surface area contributed by atoms with Gasteiger partial charge in [0, 0.05) is 31.9 Å². The average Bonchev–Trinajstić information content (AvgIpc) is 2.65. The number of aromatic hydroxyl groups is 1. The Morgan fingerprint density at radius 1 is 0.963 bits per heavy atom. The number of aryl methyl sites for hydroxylation is 2. The minimum absolute atomic E-state index is 0.00194. The van der Waals surface area contributed by atoms with Gasteiger partial charge in [0.2, 0.25) is 5.91 Å². The molecule has 1 aliphatic rings. The Kier molecular flexibility index (Phi) is 5.76. The summed E-state index contributed by atoms with van der Waals surface area (Å²) in [7, 11) is 0. The molecule has 1 aliphatic heterocycles. The topological polar surface area (TPSA) is 72.9 Å². The average molecular weight is 367 g/mol. The van der Waals surface area contributed by atoms with Gasteiger partial charge in [-0.25, -0.2) is 0 Å². The van der Waals surface area contributed by atoms with Crippen molar-refractivity contribution in [2.45, 2.75) is 13.8 Å². The zero-order chi connectivity index (χ0) is 19.4. The zero-order valence-electron chi connectivity index (χ0n) is 15.7. The minimum atomic E-state index is -0.173. The number of carbonyl (C=O) groups excluding carboxylic acids is 2. The second kappa shape index (κ2) is 8.22. The molecule has 6 heteroatoms. The number of carbonyl (C=O) groups is 2. The van der Waals surface area contributed by atoms with Crippen molar-refractivity contribution >= 4 is 17.5 Å². The van der Waals surface area contributed by atoms with E-state index in [1.165, 1.54) is 6.07 Å². The van der Waals surface area contributed by atoms with Crippen molar-refractivity contribution in [3.63, 3.8) is 0 Å². The van der Waals surface area contributed by atoms with Gasteiger partial charge >= 0.3 is 0 Å². The molecule has 1 saturated heterocycles. The van der Waals surface area contributed by atoms with Gasteiger partial charge in [-0.1, -0.05) is 30.3 Å². The number of hydrogen-bond donors (Lipinski definition) is 2. The number of phenolic OH excluding ortho intramolecular Hbond substituents is 1. The number of phenols is 1. The van der Waals surface area contributed by atoms with Crippen LogP contribution in [0.3, 0.4) is 0 Å². The van der Waals surface area contributed by atoms with Crippen LogP contribution in [0.15, 0.2) is 42.5 Å². The van der Waals surface area contributed by atoms with Gasteiger partial charge in [0.25, 0.3) is 5.91 Å². The van der Waals surface area contributed by atoms with Crippen molar-refractivity contribution in [3.05, 3.63) is 59.2 Å². The second-order valence-electron chi connectivity index (χ2n) is 6.90. The molecule has 27 heavy (non-hydrogen) atoms. The van der Waals surface area contributed by atoms with E-state index in [0.717, 1.165) is 16.8 Å². The number of rotatable bonds is 4. The molecule has 0 aliphatic carbocycles. The molecule has 0 saturated carbocycles. The Balaban J connectivity index is 1.53. The highest BCUT2D eigenvalue weighted by Gasteiger charge is 2.24. The number of anilines is 1. The fourth-order valence-corrected chi connectivity index (χ4v) is 3.33. The van der Waals surface area contributed by atoms with Gasteiger partial charge in [-0.3, -0.25) is 14.5 Å². The number of hydrogen-bond acceptors (Lipinski definition) is 4. The molecule has 2 amide bonds. The Hall–Kier alpha value is -2.86. The maximum atomic E-state index is 12.5. The quantitative estimate of drug-likeness (QED) is 0.870. The lowest BCUT2D eigenvalue weighted by molar-refractivity contribution is -0.117. The molecule has 1 heterocycles. The summed E-state index contributed by atoms with van der Waals surface area (Å²) in [5.74, 6) is -0.224. The third kappa shape index (κ3) is 4.46. The van der Waals surface area contributed by atoms with Gasteiger partial charge in [0.1, 0.15) is 5.75 Å². The number of nitrogens with one attached hydrogen (secondary N) is 1. The minimum Gasteiger partial charge on any atom is -0.507 e. The summed E-state index contributed by atoms with van der Waals surface area (Å²) in [6.45, 7) is 6.57. The van der Waals surface area contributed by atoms with Crippen LogP contribution >= 0.6 is 0 Å². The van der Waals surface area contributed by atoms with E-state index in [9.17, 15) is 14.7 Å². The van der Waals surface area contributed by atoms with Crippen LogP contribution in [0.1, 0.15) is 21.5 Å². The molecule has 0 radical (unpaired) electrons. The van der Waals surface area contributed by atoms with Gasteiger partial charge in [-0.15, -0.1) is 0 Å². The smallest absolute Gasteiger partial charge is 0.257 e. The van der Waals surface area contributed by atoms with Crippen molar-refractivity contribution < 1.29 is 14.7 Å². The number of nitrogens with zero attached hydrogens (tertiary/aromatic N) is 2. The molecule has 2 aromatic carbocycles. The third-order valence-electron chi connectivity index (χ3n) is 4.91. The van der Waals surface area contributed by atoms with Crippen LogP contribution in [0.2, 0.25) is 0 Å². The monoisotopic (exact) mass is 367 g/mol. The number of para-hydroxylation sites is 2. The predicted molar refractivity (Wildman–Crippen MR) is 105 cm³/mol. The first kappa shape index (κ1) is 18.9. The van der Waals surface area contributed by atoms with Crippen LogP contribution in [-0.2, 0) is 4.79 Å². The molecule has 0 unspecified atom stereocenters. The number of benzene rings is 2. The van der Waals surface area contributed by atoms with Crippen LogP contribution < -0.4 is 5.32 Å². The lowest BCUT2D eigenvalue weighted by Gasteiger charge is -2.34. The Bertz CT molecular complexity index is 822. The second-order valence-corrected chi connectivity index (χ2v) is 6.90. The van der Waals surface area contributed by atoms with Crippen molar-refractivity contribution in [1.29, 1.82) is 0 Å². The maximum Gasteiger partial charge on any atom is 0.257 e. The van der Waals surface area contributed by atoms with Gasteiger partial charge in [0.05, 0.1) is 12.1 Å². The standard InChI is InChI=1S/C21H25N3O3/c1-15-6-5-7-16(2)20(15)22-19(26)14-23-10-12-24(13-11-23)21(27)17-8-3-4-9-18(17)25/h3-9,25H,10-14H2,1-2H3,(H,22,26). The van der Waals surface area contributed by atoms with Crippen LogP contribution in [0.25, 0.3) is 0 Å². The SMILES string of the molecule is Cc1cccc(C)c1NC(=O)CN1CCN(C(=O)c2ccccc2O)CC1. The zero-order valence-corrected chi connectivity index (χ0v) is 15.7. The molecule has 0 aromatic heterocycles. The Morgan fingerprint density at radius 3 is 2.22 bits per heavy atom. The van der Waals surface area contributed by atoms with Crippen LogP contribution in [0.4, 0.5) is 5.69 Å². The van der Waals surface area contributed by atoms with Gasteiger partial charge in [-0.2, -0.15) is 0 Å². The Morgan fingerprint density at radius 2 is 1.59 bits per heavy atom. The largest absolute Gasteiger partial charge is 0.507 e. The summed E-state index contributed by atoms with van der Waals surface area (Å²) in [6, 6.07) is 12.5. The van der Waals surface area contributed by atoms with E-state index in [1.807, 2.05) is 36.9 Å². The summed E-state index contributed by atoms with van der Waals surface area (Å²) in [5.41, 5.74) is 3.28. The Labute approximate surface area is 159 Å². The molecule has 0 bridgehead atoms. The predicted octanol–water partition coefficient (Wildman–Crippen LogP) is 2.41. The molecule has 0 spiro atoms. The van der Waals surface area contributed by atoms with E-state index in [1.54, 1.807) is 23.1 Å². The van der Waals surface area contributed by atoms with E-state index in [0.29, 0.717) is 38.3 Å². The van der Waals surface area contributed by atoms with Gasteiger partial charge < -0.3 is 15.3 Å². The normalized spacial score (nSPS) is 14.8. The molecule has 142 valence electrons. The van der Waals surface area contributed by atoms with Crippen molar-refractivity contribution in [2.24, 2.45) is 0 Å². The van der Waals surface area contributed by atoms with E-state index in [4.69, 9.17) is 0 Å². The highest BCUT2D eigenvalue weighted by molar-refractivity contribution is 5.97. The molecule has 2 aromatic rings. The first-order valence-corrected chi connectivity index (χ1v) is 9.11. The van der Waals surface area contributed by atoms with E-state index in [-0.39, 0.29) is 17.6 Å². The van der Waals surface area contributed by atoms with Gasteiger partial charge in [-0.05, 0) is 37.1 Å². The van der Waals surface area contributed by atoms with Crippen molar-refractivity contribution in [3.8, 4) is 5.75 Å². The summed E-state index contributed by atoms with van der Waals surface area (Å²) < 4.78 is 0. The third-order valence-corrected chi connectivity index (χ3v) is 4.91. The number of piperazine rings is 1. The molecule has 1 fully saturated rings. The van der Waals surface area contributed by atoms with E-state index in [2.05, 4.69) is 5.32 Å². The molecule has 6 nitrogen and oxygen atoms in total. The molecule has 0 atom stereocenters. The van der Waals surface area contributed by atoms with Crippen LogP contribution in [0, 0.1) is 13.8 Å². The lowest BCUT2D eigenvalue weighted by Crippen LogP contribution is -2.50. The summed E-state index contributed by atoms with van der Waals surface area (Å²) in [6.07, 6.45) is 0. The molecule has 2 N–H and O–H groups in total. The first-order chi connectivity index (χ1) is 13.0. The molecular formula is C21H25N3O3. The van der Waals surface area contributed by atoms with Gasteiger partial charge in [0.15, 0.2) is 0 Å². The van der Waals surface area contributed by atoms with E-state index < -0.39 is 0 Å². The fourth-order valence-electron chi connectivity index (χ4n) is 3.33. The highest BCUT2D eigenvalue weighted by Crippen LogP contribution is 2.20. The maximum absolute atomic E-state index is 12.5. The van der Waals surface area contributed by atoms with Crippen LogP contribution in [-0.4, -0.2) is 59.4 Å².